The Labute approximate surface area is 226 Å². The van der Waals surface area contributed by atoms with Crippen molar-refractivity contribution in [3.05, 3.63) is 101 Å². The second-order valence-electron chi connectivity index (χ2n) is 11.8. The van der Waals surface area contributed by atoms with E-state index in [0.717, 1.165) is 0 Å². The van der Waals surface area contributed by atoms with E-state index in [1.807, 2.05) is 11.8 Å². The van der Waals surface area contributed by atoms with E-state index in [4.69, 9.17) is 0 Å². The van der Waals surface area contributed by atoms with Crippen molar-refractivity contribution in [1.82, 2.24) is 0 Å². The summed E-state index contributed by atoms with van der Waals surface area (Å²) in [5, 5.41) is 0. The first kappa shape index (κ1) is 28.5. The van der Waals surface area contributed by atoms with Crippen molar-refractivity contribution in [2.75, 3.05) is 24.2 Å². The van der Waals surface area contributed by atoms with Gasteiger partial charge >= 0.3 is 228 Å². The van der Waals surface area contributed by atoms with Crippen LogP contribution in [0.2, 0.25) is 0 Å². The molecule has 0 N–H and O–H groups in total. The molecule has 188 valence electrons. The van der Waals surface area contributed by atoms with Gasteiger partial charge in [0.25, 0.3) is 0 Å². The van der Waals surface area contributed by atoms with Crippen molar-refractivity contribution >= 4 is 32.4 Å². The molecule has 3 heteroatoms. The maximum atomic E-state index is 3.79. The van der Waals surface area contributed by atoms with Gasteiger partial charge in [-0.05, 0) is 0 Å². The molecule has 0 spiro atoms. The fraction of sp³-hybridized carbons (Fsp3) is 0.438. The number of rotatable bonds is 10. The van der Waals surface area contributed by atoms with E-state index in [0.29, 0.717) is 0 Å². The summed E-state index contributed by atoms with van der Waals surface area (Å²) >= 11 is 5.79. The standard InChI is InChI=1S/C32H43PSSe/c1-31(2,3)28-16-12-26(13-17-28)20-22-33(35,24-25-34-30-10-8-7-9-11-30)23-21-27-14-18-29(19-15-27)32(4,5)6/h7-19H,20-25H2,1-6H3. The molecule has 0 atom stereocenters. The van der Waals surface area contributed by atoms with E-state index in [2.05, 4.69) is 136 Å². The van der Waals surface area contributed by atoms with Crippen LogP contribution in [0.25, 0.3) is 0 Å². The van der Waals surface area contributed by atoms with Crippen LogP contribution in [0.15, 0.2) is 83.8 Å². The molecule has 0 nitrogen and oxygen atoms in total. The summed E-state index contributed by atoms with van der Waals surface area (Å²) in [6.07, 6.45) is 6.22. The van der Waals surface area contributed by atoms with Crippen LogP contribution in [0.4, 0.5) is 0 Å². The van der Waals surface area contributed by atoms with Crippen molar-refractivity contribution < 1.29 is 0 Å². The molecule has 0 aliphatic heterocycles. The molecule has 3 aromatic rings. The minimum atomic E-state index is -1.17. The topological polar surface area (TPSA) is 0 Å². The molecular formula is C32H43PSSe. The van der Waals surface area contributed by atoms with Gasteiger partial charge in [0.05, 0.1) is 0 Å². The SMILES string of the molecule is CC(C)(C)c1ccc(CCP(=[Se])(CCSc2ccccc2)CCc2ccc(C(C)(C)C)cc2)cc1. The number of benzene rings is 3. The number of hydrogen-bond donors (Lipinski definition) is 0. The second kappa shape index (κ2) is 12.5. The minimum absolute atomic E-state index is 0.213. The third kappa shape index (κ3) is 9.40. The second-order valence-corrected chi connectivity index (χ2v) is 21.3. The van der Waals surface area contributed by atoms with Crippen molar-refractivity contribution in [2.24, 2.45) is 0 Å². The molecule has 3 rings (SSSR count). The zero-order valence-corrected chi connectivity index (χ0v) is 25.9. The molecule has 0 amide bonds. The van der Waals surface area contributed by atoms with Gasteiger partial charge in [-0.3, -0.25) is 0 Å². The normalized spacial score (nSPS) is 12.6. The third-order valence-corrected chi connectivity index (χ3v) is 14.6. The van der Waals surface area contributed by atoms with Crippen LogP contribution in [-0.2, 0) is 23.7 Å². The number of hydrogen-bond acceptors (Lipinski definition) is 1. The van der Waals surface area contributed by atoms with Crippen molar-refractivity contribution in [3.63, 3.8) is 0 Å². The molecule has 0 unspecified atom stereocenters. The summed E-state index contributed by atoms with van der Waals surface area (Å²) < 4.78 is 0. The van der Waals surface area contributed by atoms with Crippen molar-refractivity contribution in [1.29, 1.82) is 0 Å². The molecule has 0 aliphatic rings. The maximum absolute atomic E-state index is 3.79. The van der Waals surface area contributed by atoms with E-state index in [9.17, 15) is 0 Å². The Kier molecular flexibility index (Phi) is 10.2. The Morgan fingerprint density at radius 1 is 0.600 bits per heavy atom. The third-order valence-electron chi connectivity index (χ3n) is 6.77. The Morgan fingerprint density at radius 3 is 1.43 bits per heavy atom. The molecule has 0 saturated carbocycles. The predicted molar refractivity (Wildman–Crippen MR) is 162 cm³/mol. The van der Waals surface area contributed by atoms with Gasteiger partial charge in [0.15, 0.2) is 0 Å². The Morgan fingerprint density at radius 2 is 1.03 bits per heavy atom. The zero-order chi connectivity index (χ0) is 25.5. The summed E-state index contributed by atoms with van der Waals surface area (Å²) in [6, 6.07) is 29.6. The molecular weight excluding hydrogens is 526 g/mol. The summed E-state index contributed by atoms with van der Waals surface area (Å²) in [5.41, 5.74) is 5.04. The van der Waals surface area contributed by atoms with Crippen LogP contribution in [-0.4, -0.2) is 39.3 Å². The molecule has 0 bridgehead atoms. The van der Waals surface area contributed by atoms with Gasteiger partial charge in [-0.1, -0.05) is 0 Å². The summed E-state index contributed by atoms with van der Waals surface area (Å²) in [7, 11) is 0. The molecule has 0 fully saturated rings. The van der Waals surface area contributed by atoms with Crippen LogP contribution >= 0.6 is 17.3 Å². The zero-order valence-electron chi connectivity index (χ0n) is 22.5. The quantitative estimate of drug-likeness (QED) is 0.133. The summed E-state index contributed by atoms with van der Waals surface area (Å²) in [4.78, 5) is 1.38. The molecule has 0 aliphatic carbocycles. The molecule has 0 saturated heterocycles. The fourth-order valence-electron chi connectivity index (χ4n) is 4.19. The van der Waals surface area contributed by atoms with Crippen molar-refractivity contribution in [2.45, 2.75) is 70.1 Å². The Balaban J connectivity index is 1.66. The number of aryl methyl sites for hydroxylation is 2. The molecule has 0 aromatic heterocycles. The van der Waals surface area contributed by atoms with E-state index in [-0.39, 0.29) is 10.8 Å². The number of thioether (sulfide) groups is 1. The predicted octanol–water partition coefficient (Wildman–Crippen LogP) is 8.96. The van der Waals surface area contributed by atoms with E-state index in [1.165, 1.54) is 64.2 Å². The first-order valence-electron chi connectivity index (χ1n) is 12.9. The monoisotopic (exact) mass is 570 g/mol. The van der Waals surface area contributed by atoms with Crippen LogP contribution in [0.3, 0.4) is 0 Å². The van der Waals surface area contributed by atoms with Gasteiger partial charge in [-0.2, -0.15) is 0 Å². The van der Waals surface area contributed by atoms with E-state index >= 15 is 0 Å². The van der Waals surface area contributed by atoms with Gasteiger partial charge < -0.3 is 0 Å². The molecule has 0 radical (unpaired) electrons. The Hall–Kier alpha value is -1.04. The van der Waals surface area contributed by atoms with Gasteiger partial charge in [-0.25, -0.2) is 0 Å². The molecule has 35 heavy (non-hydrogen) atoms. The van der Waals surface area contributed by atoms with E-state index in [1.54, 1.807) is 0 Å². The molecule has 0 heterocycles. The van der Waals surface area contributed by atoms with Gasteiger partial charge in [0, 0.05) is 0 Å². The van der Waals surface area contributed by atoms with Gasteiger partial charge in [0.2, 0.25) is 0 Å². The van der Waals surface area contributed by atoms with Crippen LogP contribution in [0, 0.1) is 0 Å². The van der Waals surface area contributed by atoms with Gasteiger partial charge in [0.1, 0.15) is 0 Å². The molecule has 3 aromatic carbocycles. The first-order valence-corrected chi connectivity index (χ1v) is 18.4. The van der Waals surface area contributed by atoms with Gasteiger partial charge in [-0.15, -0.1) is 0 Å². The van der Waals surface area contributed by atoms with Crippen LogP contribution in [0.5, 0.6) is 0 Å². The fourth-order valence-corrected chi connectivity index (χ4v) is 11.0. The van der Waals surface area contributed by atoms with Crippen LogP contribution < -0.4 is 0 Å². The van der Waals surface area contributed by atoms with E-state index < -0.39 is 5.51 Å². The first-order chi connectivity index (χ1) is 16.4. The Bertz CT molecular complexity index is 1020. The van der Waals surface area contributed by atoms with Crippen molar-refractivity contribution in [3.8, 4) is 0 Å². The van der Waals surface area contributed by atoms with Crippen LogP contribution in [0.1, 0.15) is 63.8 Å². The average molecular weight is 570 g/mol. The average Bonchev–Trinajstić information content (AvgIpc) is 2.82. The summed E-state index contributed by atoms with van der Waals surface area (Å²) in [5.74, 6) is 1.19. The summed E-state index contributed by atoms with van der Waals surface area (Å²) in [6.45, 7) is 13.7.